The normalized spacial score (nSPS) is 14.8. The minimum Gasteiger partial charge on any atom is -0.469 e. The lowest BCUT2D eigenvalue weighted by Crippen LogP contribution is -2.40. The molecule has 0 amide bonds. The molecule has 1 aromatic heterocycles. The molecular weight excluding hydrogens is 218 g/mol. The molecule has 2 atom stereocenters. The minimum absolute atomic E-state index is 0.113. The van der Waals surface area contributed by atoms with Crippen LogP contribution in [0.5, 0.6) is 0 Å². The molecule has 1 rings (SSSR count). The number of hydrogen-bond acceptors (Lipinski definition) is 4. The summed E-state index contributed by atoms with van der Waals surface area (Å²) < 4.78 is 10.3. The monoisotopic (exact) mass is 241 g/mol. The number of aliphatic hydroxyl groups is 1. The zero-order valence-corrected chi connectivity index (χ0v) is 10.7. The summed E-state index contributed by atoms with van der Waals surface area (Å²) in [5, 5.41) is 12.6. The van der Waals surface area contributed by atoms with E-state index in [1.807, 2.05) is 12.1 Å². The summed E-state index contributed by atoms with van der Waals surface area (Å²) in [6.07, 6.45) is 4.45. The van der Waals surface area contributed by atoms with Crippen molar-refractivity contribution >= 4 is 0 Å². The van der Waals surface area contributed by atoms with Crippen molar-refractivity contribution in [1.29, 1.82) is 0 Å². The Hall–Kier alpha value is -0.840. The summed E-state index contributed by atoms with van der Waals surface area (Å²) in [5.74, 6) is 1.01. The third kappa shape index (κ3) is 5.86. The smallest absolute Gasteiger partial charge is 0.103 e. The topological polar surface area (TPSA) is 54.6 Å². The van der Waals surface area contributed by atoms with Crippen molar-refractivity contribution < 1.29 is 14.3 Å². The summed E-state index contributed by atoms with van der Waals surface area (Å²) in [5.41, 5.74) is 0. The van der Waals surface area contributed by atoms with E-state index in [4.69, 9.17) is 9.15 Å². The highest BCUT2D eigenvalue weighted by atomic mass is 16.5. The predicted octanol–water partition coefficient (Wildman–Crippen LogP) is 1.59. The Morgan fingerprint density at radius 1 is 1.47 bits per heavy atom. The van der Waals surface area contributed by atoms with Crippen LogP contribution in [0.3, 0.4) is 0 Å². The molecular formula is C13H23NO3. The van der Waals surface area contributed by atoms with Gasteiger partial charge in [-0.05, 0) is 31.9 Å². The largest absolute Gasteiger partial charge is 0.469 e. The van der Waals surface area contributed by atoms with Gasteiger partial charge in [0, 0.05) is 32.2 Å². The average molecular weight is 241 g/mol. The molecule has 98 valence electrons. The molecule has 0 saturated carbocycles. The van der Waals surface area contributed by atoms with Gasteiger partial charge in [0.05, 0.1) is 12.9 Å². The average Bonchev–Trinajstić information content (AvgIpc) is 2.85. The Labute approximate surface area is 103 Å². The highest BCUT2D eigenvalue weighted by Crippen LogP contribution is 2.06. The van der Waals surface area contributed by atoms with E-state index in [9.17, 15) is 5.11 Å². The van der Waals surface area contributed by atoms with Crippen LogP contribution in [0.4, 0.5) is 0 Å². The van der Waals surface area contributed by atoms with Crippen LogP contribution < -0.4 is 5.32 Å². The van der Waals surface area contributed by atoms with Gasteiger partial charge in [-0.15, -0.1) is 0 Å². The molecule has 4 heteroatoms. The molecule has 0 aromatic carbocycles. The lowest BCUT2D eigenvalue weighted by Gasteiger charge is -2.21. The Kier molecular flexibility index (Phi) is 6.93. The molecule has 2 N–H and O–H groups in total. The lowest BCUT2D eigenvalue weighted by atomic mass is 10.1. The summed E-state index contributed by atoms with van der Waals surface area (Å²) in [6, 6.07) is 4.36. The zero-order chi connectivity index (χ0) is 12.5. The number of nitrogens with one attached hydrogen (secondary N) is 1. The van der Waals surface area contributed by atoms with Crippen molar-refractivity contribution in [1.82, 2.24) is 5.32 Å². The van der Waals surface area contributed by atoms with Crippen LogP contribution in [0.2, 0.25) is 0 Å². The Balaban J connectivity index is 2.20. The second-order valence-electron chi connectivity index (χ2n) is 4.35. The summed E-state index contributed by atoms with van der Waals surface area (Å²) in [7, 11) is 1.68. The first-order valence-electron chi connectivity index (χ1n) is 6.14. The second kappa shape index (κ2) is 8.28. The Morgan fingerprint density at radius 2 is 2.29 bits per heavy atom. The van der Waals surface area contributed by atoms with E-state index in [0.717, 1.165) is 25.0 Å². The van der Waals surface area contributed by atoms with Gasteiger partial charge >= 0.3 is 0 Å². The third-order valence-electron chi connectivity index (χ3n) is 2.81. The van der Waals surface area contributed by atoms with E-state index in [1.165, 1.54) is 0 Å². The van der Waals surface area contributed by atoms with Gasteiger partial charge in [0.1, 0.15) is 5.76 Å². The molecule has 0 aliphatic heterocycles. The number of furan rings is 1. The van der Waals surface area contributed by atoms with E-state index in [1.54, 1.807) is 13.4 Å². The second-order valence-corrected chi connectivity index (χ2v) is 4.35. The number of rotatable bonds is 9. The van der Waals surface area contributed by atoms with E-state index >= 15 is 0 Å². The van der Waals surface area contributed by atoms with Gasteiger partial charge in [-0.3, -0.25) is 0 Å². The van der Waals surface area contributed by atoms with Crippen LogP contribution in [0, 0.1) is 0 Å². The fourth-order valence-corrected chi connectivity index (χ4v) is 1.79. The van der Waals surface area contributed by atoms with E-state index in [0.29, 0.717) is 12.6 Å². The van der Waals surface area contributed by atoms with Crippen molar-refractivity contribution in [2.75, 3.05) is 20.3 Å². The summed E-state index contributed by atoms with van der Waals surface area (Å²) in [6.45, 7) is 2.94. The van der Waals surface area contributed by atoms with Crippen molar-refractivity contribution in [2.45, 2.75) is 38.3 Å². The zero-order valence-electron chi connectivity index (χ0n) is 10.7. The highest BCUT2D eigenvalue weighted by Gasteiger charge is 2.11. The molecule has 1 aromatic rings. The number of hydrogen-bond donors (Lipinski definition) is 2. The van der Waals surface area contributed by atoms with Crippen molar-refractivity contribution in [3.8, 4) is 0 Å². The number of ether oxygens (including phenoxy) is 1. The molecule has 0 aliphatic rings. The van der Waals surface area contributed by atoms with E-state index in [2.05, 4.69) is 12.2 Å². The summed E-state index contributed by atoms with van der Waals surface area (Å²) in [4.78, 5) is 0. The molecule has 0 aliphatic carbocycles. The molecule has 17 heavy (non-hydrogen) atoms. The first-order chi connectivity index (χ1) is 8.26. The van der Waals surface area contributed by atoms with Gasteiger partial charge in [-0.1, -0.05) is 0 Å². The first kappa shape index (κ1) is 14.2. The lowest BCUT2D eigenvalue weighted by molar-refractivity contribution is 0.155. The van der Waals surface area contributed by atoms with Crippen molar-refractivity contribution in [3.63, 3.8) is 0 Å². The highest BCUT2D eigenvalue weighted by molar-refractivity contribution is 4.98. The maximum atomic E-state index is 9.22. The van der Waals surface area contributed by atoms with E-state index in [-0.39, 0.29) is 12.6 Å². The van der Waals surface area contributed by atoms with Crippen LogP contribution >= 0.6 is 0 Å². The van der Waals surface area contributed by atoms with Crippen LogP contribution in [-0.2, 0) is 11.2 Å². The maximum absolute atomic E-state index is 9.22. The van der Waals surface area contributed by atoms with Crippen LogP contribution in [0.1, 0.15) is 25.5 Å². The van der Waals surface area contributed by atoms with Crippen molar-refractivity contribution in [3.05, 3.63) is 24.2 Å². The number of methoxy groups -OCH3 is 1. The molecule has 1 heterocycles. The van der Waals surface area contributed by atoms with E-state index < -0.39 is 0 Å². The first-order valence-corrected chi connectivity index (χ1v) is 6.14. The number of aliphatic hydroxyl groups excluding tert-OH is 1. The molecule has 0 saturated heterocycles. The van der Waals surface area contributed by atoms with Gasteiger partial charge in [0.25, 0.3) is 0 Å². The van der Waals surface area contributed by atoms with Crippen LogP contribution in [0.15, 0.2) is 22.8 Å². The molecule has 2 unspecified atom stereocenters. The fraction of sp³-hybridized carbons (Fsp3) is 0.692. The standard InChI is InChI=1S/C13H23NO3/c1-11(5-6-13-4-3-8-17-13)14-12(10-15)7-9-16-2/h3-4,8,11-12,14-15H,5-7,9-10H2,1-2H3. The van der Waals surface area contributed by atoms with Crippen LogP contribution in [-0.4, -0.2) is 37.5 Å². The quantitative estimate of drug-likeness (QED) is 0.689. The van der Waals surface area contributed by atoms with Gasteiger partial charge in [-0.25, -0.2) is 0 Å². The third-order valence-corrected chi connectivity index (χ3v) is 2.81. The molecule has 0 spiro atoms. The number of aryl methyl sites for hydroxylation is 1. The fourth-order valence-electron chi connectivity index (χ4n) is 1.79. The van der Waals surface area contributed by atoms with Crippen LogP contribution in [0.25, 0.3) is 0 Å². The molecule has 0 fully saturated rings. The Morgan fingerprint density at radius 3 is 2.88 bits per heavy atom. The minimum atomic E-state index is 0.113. The SMILES string of the molecule is COCCC(CO)NC(C)CCc1ccco1. The predicted molar refractivity (Wildman–Crippen MR) is 67.0 cm³/mol. The van der Waals surface area contributed by atoms with Gasteiger partial charge < -0.3 is 19.6 Å². The molecule has 0 radical (unpaired) electrons. The Bertz CT molecular complexity index is 274. The van der Waals surface area contributed by atoms with Gasteiger partial charge in [0.2, 0.25) is 0 Å². The summed E-state index contributed by atoms with van der Waals surface area (Å²) >= 11 is 0. The van der Waals surface area contributed by atoms with Crippen molar-refractivity contribution in [2.24, 2.45) is 0 Å². The van der Waals surface area contributed by atoms with Gasteiger partial charge in [-0.2, -0.15) is 0 Å². The maximum Gasteiger partial charge on any atom is 0.103 e. The molecule has 4 nitrogen and oxygen atoms in total. The molecule has 0 bridgehead atoms. The van der Waals surface area contributed by atoms with Gasteiger partial charge in [0.15, 0.2) is 0 Å².